The molecule has 1 rings (SSSR count). The molecule has 0 saturated carbocycles. The molecule has 6 heteroatoms. The highest BCUT2D eigenvalue weighted by Crippen LogP contribution is 1.96. The van der Waals surface area contributed by atoms with Gasteiger partial charge in [0.25, 0.3) is 0 Å². The largest absolute Gasteiger partial charge is 0.357 e. The maximum Gasteiger partial charge on any atom is 0.191 e. The van der Waals surface area contributed by atoms with Gasteiger partial charge < -0.3 is 15.2 Å². The molecule has 0 aliphatic heterocycles. The van der Waals surface area contributed by atoms with E-state index in [-0.39, 0.29) is 24.0 Å². The third-order valence-corrected chi connectivity index (χ3v) is 3.47. The molecule has 0 aliphatic rings. The Kier molecular flexibility index (Phi) is 12.3. The van der Waals surface area contributed by atoms with E-state index in [0.29, 0.717) is 6.04 Å². The van der Waals surface area contributed by atoms with Crippen molar-refractivity contribution in [2.45, 2.75) is 40.3 Å². The zero-order valence-corrected chi connectivity index (χ0v) is 16.7. The Hall–Kier alpha value is -0.760. The summed E-state index contributed by atoms with van der Waals surface area (Å²) in [5.74, 6) is 0.907. The second kappa shape index (κ2) is 12.8. The summed E-state index contributed by atoms with van der Waals surface area (Å²) in [6.07, 6.45) is 4.15. The summed E-state index contributed by atoms with van der Waals surface area (Å²) < 4.78 is 2.16. The van der Waals surface area contributed by atoms with Crippen LogP contribution in [0.1, 0.15) is 27.7 Å². The molecule has 0 aromatic carbocycles. The summed E-state index contributed by atoms with van der Waals surface area (Å²) in [7, 11) is 0. The van der Waals surface area contributed by atoms with E-state index in [1.807, 2.05) is 12.1 Å². The SMILES string of the molecule is CCNC(=NCCN(CC)C(C)C)NCCn1cccc1.I. The molecule has 0 radical (unpaired) electrons. The highest BCUT2D eigenvalue weighted by atomic mass is 127. The van der Waals surface area contributed by atoms with Gasteiger partial charge in [-0.3, -0.25) is 9.89 Å². The molecule has 0 atom stereocenters. The van der Waals surface area contributed by atoms with Gasteiger partial charge in [0, 0.05) is 44.6 Å². The molecule has 0 unspecified atom stereocenters. The lowest BCUT2D eigenvalue weighted by atomic mass is 10.3. The van der Waals surface area contributed by atoms with E-state index in [1.54, 1.807) is 0 Å². The highest BCUT2D eigenvalue weighted by Gasteiger charge is 2.05. The second-order valence-electron chi connectivity index (χ2n) is 5.33. The van der Waals surface area contributed by atoms with Gasteiger partial charge in [0.2, 0.25) is 0 Å². The van der Waals surface area contributed by atoms with Crippen molar-refractivity contribution < 1.29 is 0 Å². The van der Waals surface area contributed by atoms with Crippen LogP contribution in [-0.2, 0) is 6.54 Å². The van der Waals surface area contributed by atoms with E-state index in [2.05, 4.69) is 65.2 Å². The Morgan fingerprint density at radius 3 is 2.41 bits per heavy atom. The first-order valence-electron chi connectivity index (χ1n) is 8.04. The maximum atomic E-state index is 4.65. The minimum absolute atomic E-state index is 0. The molecule has 5 nitrogen and oxygen atoms in total. The Bertz CT molecular complexity index is 389. The van der Waals surface area contributed by atoms with E-state index in [1.165, 1.54) is 0 Å². The van der Waals surface area contributed by atoms with Crippen molar-refractivity contribution in [2.75, 3.05) is 32.7 Å². The average molecular weight is 421 g/mol. The molecule has 0 saturated heterocycles. The standard InChI is InChI=1S/C16H31N5.HI/c1-5-17-16(18-9-13-20-11-7-8-12-20)19-10-14-21(6-2)15(3)4;/h7-8,11-12,15H,5-6,9-10,13-14H2,1-4H3,(H2,17,18,19);1H. The molecule has 0 bridgehead atoms. The molecule has 128 valence electrons. The van der Waals surface area contributed by atoms with E-state index in [0.717, 1.165) is 45.2 Å². The van der Waals surface area contributed by atoms with Crippen LogP contribution in [0, 0.1) is 0 Å². The van der Waals surface area contributed by atoms with Crippen LogP contribution in [0.5, 0.6) is 0 Å². The number of hydrogen-bond donors (Lipinski definition) is 2. The van der Waals surface area contributed by atoms with Crippen molar-refractivity contribution in [1.82, 2.24) is 20.1 Å². The predicted octanol–water partition coefficient (Wildman–Crippen LogP) is 2.39. The van der Waals surface area contributed by atoms with E-state index in [4.69, 9.17) is 0 Å². The quantitative estimate of drug-likeness (QED) is 0.366. The maximum absolute atomic E-state index is 4.65. The molecule has 1 heterocycles. The van der Waals surface area contributed by atoms with Gasteiger partial charge in [0.15, 0.2) is 5.96 Å². The molecule has 2 N–H and O–H groups in total. The van der Waals surface area contributed by atoms with Gasteiger partial charge in [0.05, 0.1) is 6.54 Å². The summed E-state index contributed by atoms with van der Waals surface area (Å²) in [6, 6.07) is 4.67. The van der Waals surface area contributed by atoms with E-state index < -0.39 is 0 Å². The van der Waals surface area contributed by atoms with Crippen LogP contribution < -0.4 is 10.6 Å². The van der Waals surface area contributed by atoms with Crippen molar-refractivity contribution in [1.29, 1.82) is 0 Å². The Labute approximate surface area is 152 Å². The summed E-state index contributed by atoms with van der Waals surface area (Å²) in [4.78, 5) is 7.07. The normalized spacial score (nSPS) is 11.6. The number of rotatable bonds is 9. The summed E-state index contributed by atoms with van der Waals surface area (Å²) >= 11 is 0. The fraction of sp³-hybridized carbons (Fsp3) is 0.688. The topological polar surface area (TPSA) is 44.6 Å². The number of hydrogen-bond acceptors (Lipinski definition) is 2. The van der Waals surface area contributed by atoms with Crippen molar-refractivity contribution in [3.8, 4) is 0 Å². The fourth-order valence-corrected chi connectivity index (χ4v) is 2.24. The highest BCUT2D eigenvalue weighted by molar-refractivity contribution is 14.0. The molecule has 1 aromatic rings. The predicted molar refractivity (Wildman–Crippen MR) is 106 cm³/mol. The third-order valence-electron chi connectivity index (χ3n) is 3.47. The number of halogens is 1. The molecular weight excluding hydrogens is 389 g/mol. The van der Waals surface area contributed by atoms with Crippen LogP contribution in [0.3, 0.4) is 0 Å². The summed E-state index contributed by atoms with van der Waals surface area (Å²) in [5.41, 5.74) is 0. The first kappa shape index (κ1) is 21.2. The molecule has 1 aromatic heterocycles. The lowest BCUT2D eigenvalue weighted by Gasteiger charge is -2.23. The summed E-state index contributed by atoms with van der Waals surface area (Å²) in [5, 5.41) is 6.67. The zero-order chi connectivity index (χ0) is 15.5. The number of guanidine groups is 1. The van der Waals surface area contributed by atoms with E-state index in [9.17, 15) is 0 Å². The van der Waals surface area contributed by atoms with Gasteiger partial charge in [-0.25, -0.2) is 0 Å². The third kappa shape index (κ3) is 8.63. The number of likely N-dealkylation sites (N-methyl/N-ethyl adjacent to an activating group) is 1. The number of aromatic nitrogens is 1. The molecule has 22 heavy (non-hydrogen) atoms. The fourth-order valence-electron chi connectivity index (χ4n) is 2.24. The zero-order valence-electron chi connectivity index (χ0n) is 14.4. The van der Waals surface area contributed by atoms with Crippen molar-refractivity contribution in [2.24, 2.45) is 4.99 Å². The van der Waals surface area contributed by atoms with Crippen LogP contribution in [-0.4, -0.2) is 54.2 Å². The molecule has 0 fully saturated rings. The number of nitrogens with one attached hydrogen (secondary N) is 2. The number of nitrogens with zero attached hydrogens (tertiary/aromatic N) is 3. The van der Waals surface area contributed by atoms with Crippen LogP contribution in [0.2, 0.25) is 0 Å². The molecule has 0 spiro atoms. The van der Waals surface area contributed by atoms with Crippen LogP contribution in [0.15, 0.2) is 29.5 Å². The van der Waals surface area contributed by atoms with Gasteiger partial charge in [-0.1, -0.05) is 6.92 Å². The number of aliphatic imine (C=N–C) groups is 1. The lowest BCUT2D eigenvalue weighted by Crippen LogP contribution is -2.40. The van der Waals surface area contributed by atoms with E-state index >= 15 is 0 Å². The Morgan fingerprint density at radius 2 is 1.86 bits per heavy atom. The minimum atomic E-state index is 0. The minimum Gasteiger partial charge on any atom is -0.357 e. The Balaban J connectivity index is 0.00000441. The van der Waals surface area contributed by atoms with Gasteiger partial charge in [-0.2, -0.15) is 0 Å². The lowest BCUT2D eigenvalue weighted by molar-refractivity contribution is 0.240. The Morgan fingerprint density at radius 1 is 1.18 bits per heavy atom. The smallest absolute Gasteiger partial charge is 0.191 e. The van der Waals surface area contributed by atoms with Gasteiger partial charge in [-0.05, 0) is 39.4 Å². The van der Waals surface area contributed by atoms with Crippen molar-refractivity contribution in [3.63, 3.8) is 0 Å². The monoisotopic (exact) mass is 421 g/mol. The van der Waals surface area contributed by atoms with Gasteiger partial charge in [0.1, 0.15) is 0 Å². The molecule has 0 amide bonds. The van der Waals surface area contributed by atoms with Crippen LogP contribution in [0.4, 0.5) is 0 Å². The summed E-state index contributed by atoms with van der Waals surface area (Å²) in [6.45, 7) is 14.4. The van der Waals surface area contributed by atoms with Gasteiger partial charge in [-0.15, -0.1) is 24.0 Å². The first-order chi connectivity index (χ1) is 10.2. The van der Waals surface area contributed by atoms with Crippen LogP contribution in [0.25, 0.3) is 0 Å². The first-order valence-corrected chi connectivity index (χ1v) is 8.04. The van der Waals surface area contributed by atoms with Crippen LogP contribution >= 0.6 is 24.0 Å². The average Bonchev–Trinajstić information content (AvgIpc) is 2.96. The molecular formula is C16H32IN5. The van der Waals surface area contributed by atoms with Crippen molar-refractivity contribution in [3.05, 3.63) is 24.5 Å². The second-order valence-corrected chi connectivity index (χ2v) is 5.33. The van der Waals surface area contributed by atoms with Crippen molar-refractivity contribution >= 4 is 29.9 Å². The molecule has 0 aliphatic carbocycles. The van der Waals surface area contributed by atoms with Gasteiger partial charge >= 0.3 is 0 Å².